The Morgan fingerprint density at radius 1 is 1.35 bits per heavy atom. The van der Waals surface area contributed by atoms with Gasteiger partial charge in [-0.1, -0.05) is 6.07 Å². The van der Waals surface area contributed by atoms with E-state index in [2.05, 4.69) is 10.6 Å². The monoisotopic (exact) mass is 294 g/mol. The first kappa shape index (κ1) is 14.5. The highest BCUT2D eigenvalue weighted by molar-refractivity contribution is 7.10. The molecule has 106 valence electrons. The SMILES string of the molecule is C[C@](O)(CNC(=O)Nc1ccc(F)cc1)c1cccs1. The average molecular weight is 294 g/mol. The molecule has 0 bridgehead atoms. The zero-order valence-corrected chi connectivity index (χ0v) is 11.7. The molecule has 0 aliphatic carbocycles. The molecule has 0 unspecified atom stereocenters. The van der Waals surface area contributed by atoms with Crippen molar-refractivity contribution in [3.8, 4) is 0 Å². The lowest BCUT2D eigenvalue weighted by Gasteiger charge is -2.22. The number of hydrogen-bond acceptors (Lipinski definition) is 3. The third-order valence-corrected chi connectivity index (χ3v) is 3.87. The van der Waals surface area contributed by atoms with Gasteiger partial charge in [-0.3, -0.25) is 0 Å². The van der Waals surface area contributed by atoms with Crippen molar-refractivity contribution in [1.29, 1.82) is 0 Å². The van der Waals surface area contributed by atoms with Crippen LogP contribution in [0.25, 0.3) is 0 Å². The molecular formula is C14H15FN2O2S. The lowest BCUT2D eigenvalue weighted by molar-refractivity contribution is 0.0637. The largest absolute Gasteiger partial charge is 0.383 e. The number of halogens is 1. The lowest BCUT2D eigenvalue weighted by Crippen LogP contribution is -2.40. The molecule has 1 heterocycles. The summed E-state index contributed by atoms with van der Waals surface area (Å²) in [5, 5.41) is 17.3. The summed E-state index contributed by atoms with van der Waals surface area (Å²) in [6.07, 6.45) is 0. The summed E-state index contributed by atoms with van der Waals surface area (Å²) in [4.78, 5) is 12.5. The molecule has 2 amide bonds. The summed E-state index contributed by atoms with van der Waals surface area (Å²) in [6.45, 7) is 1.72. The Hall–Kier alpha value is -1.92. The molecule has 1 atom stereocenters. The summed E-state index contributed by atoms with van der Waals surface area (Å²) in [5.41, 5.74) is -0.631. The van der Waals surface area contributed by atoms with Crippen molar-refractivity contribution < 1.29 is 14.3 Å². The molecule has 0 fully saturated rings. The first-order valence-corrected chi connectivity index (χ1v) is 6.92. The summed E-state index contributed by atoms with van der Waals surface area (Å²) < 4.78 is 12.7. The van der Waals surface area contributed by atoms with Crippen molar-refractivity contribution in [2.45, 2.75) is 12.5 Å². The minimum atomic E-state index is -1.12. The topological polar surface area (TPSA) is 61.4 Å². The number of rotatable bonds is 4. The average Bonchev–Trinajstić information content (AvgIpc) is 2.94. The normalized spacial score (nSPS) is 13.6. The van der Waals surface area contributed by atoms with Crippen LogP contribution in [-0.2, 0) is 5.60 Å². The third-order valence-electron chi connectivity index (χ3n) is 2.75. The first-order valence-electron chi connectivity index (χ1n) is 6.04. The van der Waals surface area contributed by atoms with Crippen LogP contribution in [0, 0.1) is 5.82 Å². The van der Waals surface area contributed by atoms with E-state index in [0.29, 0.717) is 5.69 Å². The molecule has 3 N–H and O–H groups in total. The van der Waals surface area contributed by atoms with Crippen molar-refractivity contribution in [2.24, 2.45) is 0 Å². The minimum absolute atomic E-state index is 0.0839. The highest BCUT2D eigenvalue weighted by Crippen LogP contribution is 2.24. The zero-order valence-electron chi connectivity index (χ0n) is 10.9. The number of benzene rings is 1. The fraction of sp³-hybridized carbons (Fsp3) is 0.214. The van der Waals surface area contributed by atoms with Crippen molar-refractivity contribution in [3.05, 3.63) is 52.5 Å². The summed E-state index contributed by atoms with van der Waals surface area (Å²) in [7, 11) is 0. The van der Waals surface area contributed by atoms with Crippen LogP contribution in [0.1, 0.15) is 11.8 Å². The van der Waals surface area contributed by atoms with Gasteiger partial charge in [0.05, 0.1) is 6.54 Å². The van der Waals surface area contributed by atoms with Crippen LogP contribution in [0.3, 0.4) is 0 Å². The molecule has 2 aromatic rings. The highest BCUT2D eigenvalue weighted by atomic mass is 32.1. The summed E-state index contributed by atoms with van der Waals surface area (Å²) in [5.74, 6) is -0.364. The Morgan fingerprint density at radius 2 is 2.05 bits per heavy atom. The van der Waals surface area contributed by atoms with Crippen LogP contribution in [-0.4, -0.2) is 17.7 Å². The Labute approximate surface area is 120 Å². The van der Waals surface area contributed by atoms with Gasteiger partial charge in [0.25, 0.3) is 0 Å². The molecule has 0 aliphatic rings. The molecule has 4 nitrogen and oxygen atoms in total. The second-order valence-corrected chi connectivity index (χ2v) is 5.51. The van der Waals surface area contributed by atoms with E-state index in [0.717, 1.165) is 4.88 Å². The number of carbonyl (C=O) groups is 1. The Bertz CT molecular complexity index is 567. The smallest absolute Gasteiger partial charge is 0.319 e. The van der Waals surface area contributed by atoms with Gasteiger partial charge in [0.15, 0.2) is 0 Å². The Morgan fingerprint density at radius 3 is 2.65 bits per heavy atom. The number of hydrogen-bond donors (Lipinski definition) is 3. The number of urea groups is 1. The quantitative estimate of drug-likeness (QED) is 0.812. The number of carbonyl (C=O) groups excluding carboxylic acids is 1. The van der Waals surface area contributed by atoms with Crippen molar-refractivity contribution in [3.63, 3.8) is 0 Å². The lowest BCUT2D eigenvalue weighted by atomic mass is 10.1. The van der Waals surface area contributed by atoms with Crippen LogP contribution in [0.5, 0.6) is 0 Å². The van der Waals surface area contributed by atoms with Gasteiger partial charge in [0.2, 0.25) is 0 Å². The molecule has 0 saturated carbocycles. The maximum absolute atomic E-state index is 12.7. The van der Waals surface area contributed by atoms with Gasteiger partial charge < -0.3 is 15.7 Å². The number of thiophene rings is 1. The third kappa shape index (κ3) is 3.79. The van der Waals surface area contributed by atoms with Crippen molar-refractivity contribution >= 4 is 23.1 Å². The zero-order chi connectivity index (χ0) is 14.6. The van der Waals surface area contributed by atoms with Crippen molar-refractivity contribution in [1.82, 2.24) is 5.32 Å². The van der Waals surface area contributed by atoms with Gasteiger partial charge in [-0.2, -0.15) is 0 Å². The molecule has 2 rings (SSSR count). The van der Waals surface area contributed by atoms with E-state index in [9.17, 15) is 14.3 Å². The maximum Gasteiger partial charge on any atom is 0.319 e. The molecular weight excluding hydrogens is 279 g/mol. The van der Waals surface area contributed by atoms with E-state index >= 15 is 0 Å². The van der Waals surface area contributed by atoms with Gasteiger partial charge in [0.1, 0.15) is 11.4 Å². The maximum atomic E-state index is 12.7. The standard InChI is InChI=1S/C14H15FN2O2S/c1-14(19,12-3-2-8-20-12)9-16-13(18)17-11-6-4-10(15)5-7-11/h2-8,19H,9H2,1H3,(H2,16,17,18)/t14-/m0/s1. The van der Waals surface area contributed by atoms with Crippen LogP contribution in [0.4, 0.5) is 14.9 Å². The first-order chi connectivity index (χ1) is 9.47. The van der Waals surface area contributed by atoms with E-state index in [1.54, 1.807) is 6.92 Å². The Kier molecular flexibility index (Phi) is 4.36. The fourth-order valence-electron chi connectivity index (χ4n) is 1.63. The van der Waals surface area contributed by atoms with E-state index in [4.69, 9.17) is 0 Å². The van der Waals surface area contributed by atoms with E-state index in [1.807, 2.05) is 17.5 Å². The van der Waals surface area contributed by atoms with Gasteiger partial charge >= 0.3 is 6.03 Å². The molecule has 6 heteroatoms. The summed E-state index contributed by atoms with van der Waals surface area (Å²) in [6, 6.07) is 8.65. The molecule has 20 heavy (non-hydrogen) atoms. The molecule has 0 radical (unpaired) electrons. The second kappa shape index (κ2) is 6.02. The van der Waals surface area contributed by atoms with E-state index < -0.39 is 11.6 Å². The summed E-state index contributed by atoms with van der Waals surface area (Å²) >= 11 is 1.42. The van der Waals surface area contributed by atoms with Gasteiger partial charge in [0, 0.05) is 10.6 Å². The Balaban J connectivity index is 1.88. The number of anilines is 1. The minimum Gasteiger partial charge on any atom is -0.383 e. The van der Waals surface area contributed by atoms with E-state index in [1.165, 1.54) is 35.6 Å². The molecule has 0 spiro atoms. The molecule has 0 saturated heterocycles. The molecule has 1 aromatic carbocycles. The van der Waals surface area contributed by atoms with E-state index in [-0.39, 0.29) is 12.4 Å². The van der Waals surface area contributed by atoms with Crippen LogP contribution in [0.15, 0.2) is 41.8 Å². The number of nitrogens with one attached hydrogen (secondary N) is 2. The van der Waals surface area contributed by atoms with Crippen LogP contribution >= 0.6 is 11.3 Å². The number of aliphatic hydroxyl groups is 1. The highest BCUT2D eigenvalue weighted by Gasteiger charge is 2.24. The van der Waals surface area contributed by atoms with Crippen LogP contribution < -0.4 is 10.6 Å². The fourth-order valence-corrected chi connectivity index (χ4v) is 2.42. The van der Waals surface area contributed by atoms with Crippen LogP contribution in [0.2, 0.25) is 0 Å². The van der Waals surface area contributed by atoms with Gasteiger partial charge in [-0.15, -0.1) is 11.3 Å². The number of amides is 2. The predicted octanol–water partition coefficient (Wildman–Crippen LogP) is 2.92. The second-order valence-electron chi connectivity index (χ2n) is 4.57. The molecule has 0 aliphatic heterocycles. The van der Waals surface area contributed by atoms with Gasteiger partial charge in [-0.05, 0) is 42.6 Å². The molecule has 1 aromatic heterocycles. The van der Waals surface area contributed by atoms with Gasteiger partial charge in [-0.25, -0.2) is 9.18 Å². The van der Waals surface area contributed by atoms with Crippen molar-refractivity contribution in [2.75, 3.05) is 11.9 Å². The predicted molar refractivity (Wildman–Crippen MR) is 77.3 cm³/mol.